The number of carboxylic acids is 1. The first-order valence-corrected chi connectivity index (χ1v) is 6.28. The molecule has 0 aliphatic heterocycles. The molecule has 5 heteroatoms. The molecule has 0 spiro atoms. The molecular formula is C14H21BO4. The molecule has 0 aromatic heterocycles. The third-order valence-electron chi connectivity index (χ3n) is 3.45. The normalized spacial score (nSPS) is 12.3. The van der Waals surface area contributed by atoms with Crippen molar-refractivity contribution in [3.05, 3.63) is 29.8 Å². The fraction of sp³-hybridized carbons (Fsp3) is 0.500. The Morgan fingerprint density at radius 2 is 1.74 bits per heavy atom. The summed E-state index contributed by atoms with van der Waals surface area (Å²) in [4.78, 5) is 10.6. The standard InChI is InChI=1S/C14H21BO4/c1-13(2,18)14(3,4)19-15-11-7-5-10(6-8-11)9-12(16)17/h5-8,15,18H,9H2,1-4H3,(H,16,17). The van der Waals surface area contributed by atoms with Crippen molar-refractivity contribution in [3.63, 3.8) is 0 Å². The Labute approximate surface area is 114 Å². The van der Waals surface area contributed by atoms with Gasteiger partial charge < -0.3 is 14.9 Å². The van der Waals surface area contributed by atoms with E-state index in [1.54, 1.807) is 26.0 Å². The van der Waals surface area contributed by atoms with E-state index in [1.165, 1.54) is 0 Å². The molecule has 4 nitrogen and oxygen atoms in total. The van der Waals surface area contributed by atoms with Crippen molar-refractivity contribution in [1.29, 1.82) is 0 Å². The van der Waals surface area contributed by atoms with Gasteiger partial charge in [0.15, 0.2) is 0 Å². The molecule has 0 fully saturated rings. The molecule has 104 valence electrons. The summed E-state index contributed by atoms with van der Waals surface area (Å²) in [5.74, 6) is -0.841. The summed E-state index contributed by atoms with van der Waals surface area (Å²) in [6.45, 7) is 7.10. The largest absolute Gasteiger partial charge is 0.481 e. The van der Waals surface area contributed by atoms with E-state index in [2.05, 4.69) is 0 Å². The van der Waals surface area contributed by atoms with Gasteiger partial charge in [-0.2, -0.15) is 0 Å². The summed E-state index contributed by atoms with van der Waals surface area (Å²) < 4.78 is 5.73. The number of benzene rings is 1. The molecule has 0 saturated heterocycles. The third kappa shape index (κ3) is 4.69. The van der Waals surface area contributed by atoms with Crippen LogP contribution < -0.4 is 5.46 Å². The topological polar surface area (TPSA) is 66.8 Å². The van der Waals surface area contributed by atoms with Crippen molar-refractivity contribution in [3.8, 4) is 0 Å². The summed E-state index contributed by atoms with van der Waals surface area (Å²) in [7, 11) is 0.379. The van der Waals surface area contributed by atoms with Crippen LogP contribution in [0.3, 0.4) is 0 Å². The van der Waals surface area contributed by atoms with Crippen molar-refractivity contribution in [2.45, 2.75) is 45.3 Å². The fourth-order valence-corrected chi connectivity index (χ4v) is 1.37. The number of carbonyl (C=O) groups is 1. The molecule has 0 radical (unpaired) electrons. The smallest absolute Gasteiger partial charge is 0.309 e. The maximum absolute atomic E-state index is 10.6. The molecular weight excluding hydrogens is 243 g/mol. The van der Waals surface area contributed by atoms with Crippen LogP contribution in [0.2, 0.25) is 0 Å². The van der Waals surface area contributed by atoms with Crippen molar-refractivity contribution in [2.75, 3.05) is 0 Å². The van der Waals surface area contributed by atoms with Gasteiger partial charge in [0.05, 0.1) is 17.6 Å². The Morgan fingerprint density at radius 1 is 1.21 bits per heavy atom. The van der Waals surface area contributed by atoms with Crippen LogP contribution in [-0.2, 0) is 15.9 Å². The number of rotatable bonds is 6. The van der Waals surface area contributed by atoms with Crippen molar-refractivity contribution < 1.29 is 19.7 Å². The first-order valence-electron chi connectivity index (χ1n) is 6.28. The minimum atomic E-state index is -0.934. The second kappa shape index (κ2) is 5.76. The van der Waals surface area contributed by atoms with E-state index >= 15 is 0 Å². The van der Waals surface area contributed by atoms with Gasteiger partial charge in [0.2, 0.25) is 0 Å². The van der Waals surface area contributed by atoms with Crippen LogP contribution >= 0.6 is 0 Å². The second-order valence-electron chi connectivity index (χ2n) is 5.75. The van der Waals surface area contributed by atoms with Gasteiger partial charge >= 0.3 is 13.5 Å². The van der Waals surface area contributed by atoms with Crippen molar-refractivity contribution in [1.82, 2.24) is 0 Å². The van der Waals surface area contributed by atoms with E-state index < -0.39 is 17.2 Å². The lowest BCUT2D eigenvalue weighted by Crippen LogP contribution is -2.49. The Bertz CT molecular complexity index is 432. The lowest BCUT2D eigenvalue weighted by Gasteiger charge is -2.37. The van der Waals surface area contributed by atoms with Gasteiger partial charge in [-0.25, -0.2) is 0 Å². The maximum Gasteiger partial charge on any atom is 0.309 e. The van der Waals surface area contributed by atoms with E-state index in [1.807, 2.05) is 26.0 Å². The summed E-state index contributed by atoms with van der Waals surface area (Å²) in [5, 5.41) is 18.7. The molecule has 1 rings (SSSR count). The Balaban J connectivity index is 2.62. The summed E-state index contributed by atoms with van der Waals surface area (Å²) in [5.41, 5.74) is 0.118. The average Bonchev–Trinajstić information content (AvgIpc) is 2.26. The van der Waals surface area contributed by atoms with Crippen molar-refractivity contribution in [2.24, 2.45) is 0 Å². The monoisotopic (exact) mass is 264 g/mol. The number of aliphatic hydroxyl groups is 1. The minimum absolute atomic E-state index is 0.0241. The van der Waals surface area contributed by atoms with Crippen LogP contribution in [0, 0.1) is 0 Å². The quantitative estimate of drug-likeness (QED) is 0.748. The zero-order valence-corrected chi connectivity index (χ0v) is 11.9. The highest BCUT2D eigenvalue weighted by Crippen LogP contribution is 2.24. The van der Waals surface area contributed by atoms with Crippen LogP contribution in [0.5, 0.6) is 0 Å². The van der Waals surface area contributed by atoms with Gasteiger partial charge in [-0.1, -0.05) is 29.7 Å². The summed E-state index contributed by atoms with van der Waals surface area (Å²) in [6, 6.07) is 7.26. The molecule has 0 aliphatic rings. The summed E-state index contributed by atoms with van der Waals surface area (Å²) >= 11 is 0. The van der Waals surface area contributed by atoms with Crippen LogP contribution in [0.15, 0.2) is 24.3 Å². The van der Waals surface area contributed by atoms with Gasteiger partial charge in [-0.05, 0) is 33.3 Å². The lowest BCUT2D eigenvalue weighted by atomic mass is 9.82. The van der Waals surface area contributed by atoms with Crippen LogP contribution in [0.25, 0.3) is 0 Å². The number of hydrogen-bond acceptors (Lipinski definition) is 3. The van der Waals surface area contributed by atoms with E-state index in [4.69, 9.17) is 9.76 Å². The molecule has 0 bridgehead atoms. The molecule has 0 unspecified atom stereocenters. The lowest BCUT2D eigenvalue weighted by molar-refractivity contribution is -0.136. The SMILES string of the molecule is CC(C)(O)C(C)(C)OBc1ccc(CC(=O)O)cc1. The molecule has 0 aliphatic carbocycles. The van der Waals surface area contributed by atoms with Gasteiger partial charge in [0.1, 0.15) is 0 Å². The molecule has 0 atom stereocenters. The van der Waals surface area contributed by atoms with Gasteiger partial charge in [-0.3, -0.25) is 4.79 Å². The Kier molecular flexibility index (Phi) is 4.77. The number of hydrogen-bond donors (Lipinski definition) is 2. The molecule has 0 saturated carbocycles. The third-order valence-corrected chi connectivity index (χ3v) is 3.45. The Hall–Kier alpha value is -1.33. The second-order valence-corrected chi connectivity index (χ2v) is 5.75. The highest BCUT2D eigenvalue weighted by Gasteiger charge is 2.35. The van der Waals surface area contributed by atoms with Gasteiger partial charge in [-0.15, -0.1) is 0 Å². The predicted octanol–water partition coefficient (Wildman–Crippen LogP) is 0.857. The van der Waals surface area contributed by atoms with Crippen LogP contribution in [-0.4, -0.2) is 34.9 Å². The zero-order valence-electron chi connectivity index (χ0n) is 11.9. The van der Waals surface area contributed by atoms with E-state index in [0.29, 0.717) is 7.48 Å². The summed E-state index contributed by atoms with van der Waals surface area (Å²) in [6.07, 6.45) is 0.0241. The average molecular weight is 264 g/mol. The molecule has 0 amide bonds. The molecule has 19 heavy (non-hydrogen) atoms. The maximum atomic E-state index is 10.6. The zero-order chi connectivity index (χ0) is 14.7. The first kappa shape index (κ1) is 15.7. The van der Waals surface area contributed by atoms with Crippen molar-refractivity contribution >= 4 is 18.9 Å². The van der Waals surface area contributed by atoms with Gasteiger partial charge in [0.25, 0.3) is 0 Å². The first-order chi connectivity index (χ1) is 8.62. The number of carboxylic acid groups (broad SMARTS) is 1. The van der Waals surface area contributed by atoms with Crippen LogP contribution in [0.4, 0.5) is 0 Å². The molecule has 0 heterocycles. The molecule has 2 N–H and O–H groups in total. The number of aliphatic carboxylic acids is 1. The van der Waals surface area contributed by atoms with E-state index in [-0.39, 0.29) is 6.42 Å². The molecule has 1 aromatic carbocycles. The highest BCUT2D eigenvalue weighted by atomic mass is 16.5. The van der Waals surface area contributed by atoms with E-state index in [0.717, 1.165) is 11.0 Å². The highest BCUT2D eigenvalue weighted by molar-refractivity contribution is 6.47. The fourth-order valence-electron chi connectivity index (χ4n) is 1.37. The minimum Gasteiger partial charge on any atom is -0.481 e. The molecule has 1 aromatic rings. The van der Waals surface area contributed by atoms with E-state index in [9.17, 15) is 9.90 Å². The van der Waals surface area contributed by atoms with Gasteiger partial charge in [0, 0.05) is 0 Å². The Morgan fingerprint density at radius 3 is 2.16 bits per heavy atom. The van der Waals surface area contributed by atoms with Crippen LogP contribution in [0.1, 0.15) is 33.3 Å². The predicted molar refractivity (Wildman–Crippen MR) is 76.0 cm³/mol.